The molecular weight excluding hydrogens is 332 g/mol. The second kappa shape index (κ2) is 10.1. The van der Waals surface area contributed by atoms with E-state index in [2.05, 4.69) is 24.9 Å². The van der Waals surface area contributed by atoms with Gasteiger partial charge in [0.05, 0.1) is 19.6 Å². The number of rotatable bonds is 6. The number of amides is 1. The Hall–Kier alpha value is -2.18. The van der Waals surface area contributed by atoms with Crippen LogP contribution < -0.4 is 10.2 Å². The topological polar surface area (TPSA) is 84.4 Å². The van der Waals surface area contributed by atoms with Crippen molar-refractivity contribution in [3.8, 4) is 0 Å². The Morgan fingerprint density at radius 1 is 1.19 bits per heavy atom. The minimum absolute atomic E-state index is 0.0818. The second-order valence-corrected chi connectivity index (χ2v) is 6.83. The van der Waals surface area contributed by atoms with Crippen LogP contribution in [0.5, 0.6) is 0 Å². The average molecular weight is 362 g/mol. The number of ether oxygens (including phenoxy) is 1. The molecule has 0 spiro atoms. The number of hydrogen-bond acceptors (Lipinski definition) is 6. The number of nitrogens with one attached hydrogen (secondary N) is 1. The summed E-state index contributed by atoms with van der Waals surface area (Å²) >= 11 is 0. The van der Waals surface area contributed by atoms with Crippen LogP contribution in [0.4, 0.5) is 5.95 Å². The first kappa shape index (κ1) is 20.1. The molecule has 1 saturated heterocycles. The Morgan fingerprint density at radius 3 is 2.46 bits per heavy atom. The molecule has 144 valence electrons. The molecule has 1 N–H and O–H groups in total. The van der Waals surface area contributed by atoms with E-state index in [1.54, 1.807) is 0 Å². The number of esters is 1. The molecule has 1 aliphatic heterocycles. The standard InChI is InChI=1S/C19H30N4O3/c1-14(21-17(24)9-10-18(25)26-3)16-13-20-19(22-15(16)2)23-11-7-5-4-6-8-12-23/h13-14H,4-12H2,1-3H3,(H,21,24)/t14-/m1/s1. The quantitative estimate of drug-likeness (QED) is 0.783. The maximum absolute atomic E-state index is 12.0. The van der Waals surface area contributed by atoms with Crippen molar-refractivity contribution in [2.45, 2.75) is 64.8 Å². The van der Waals surface area contributed by atoms with Crippen LogP contribution in [0.15, 0.2) is 6.20 Å². The first-order valence-corrected chi connectivity index (χ1v) is 9.46. The van der Waals surface area contributed by atoms with Gasteiger partial charge in [-0.2, -0.15) is 0 Å². The van der Waals surface area contributed by atoms with Crippen molar-refractivity contribution < 1.29 is 14.3 Å². The summed E-state index contributed by atoms with van der Waals surface area (Å²) in [6, 6.07) is -0.207. The highest BCUT2D eigenvalue weighted by Gasteiger charge is 2.17. The average Bonchev–Trinajstić information content (AvgIpc) is 2.59. The molecule has 1 fully saturated rings. The van der Waals surface area contributed by atoms with E-state index < -0.39 is 0 Å². The highest BCUT2D eigenvalue weighted by Crippen LogP contribution is 2.20. The van der Waals surface area contributed by atoms with Crippen LogP contribution in [0, 0.1) is 6.92 Å². The third kappa shape index (κ3) is 5.97. The molecule has 0 unspecified atom stereocenters. The van der Waals surface area contributed by atoms with E-state index in [0.29, 0.717) is 0 Å². The van der Waals surface area contributed by atoms with Gasteiger partial charge in [-0.1, -0.05) is 19.3 Å². The maximum atomic E-state index is 12.0. The second-order valence-electron chi connectivity index (χ2n) is 6.83. The van der Waals surface area contributed by atoms with Gasteiger partial charge in [-0.25, -0.2) is 9.97 Å². The molecule has 0 saturated carbocycles. The molecule has 1 amide bonds. The molecule has 0 aromatic carbocycles. The van der Waals surface area contributed by atoms with Crippen molar-refractivity contribution >= 4 is 17.8 Å². The molecule has 7 heteroatoms. The lowest BCUT2D eigenvalue weighted by molar-refractivity contribution is -0.142. The van der Waals surface area contributed by atoms with Gasteiger partial charge in [-0.05, 0) is 26.7 Å². The Morgan fingerprint density at radius 2 is 1.85 bits per heavy atom. The Bertz CT molecular complexity index is 613. The molecule has 7 nitrogen and oxygen atoms in total. The molecule has 2 rings (SSSR count). The molecule has 1 aromatic rings. The van der Waals surface area contributed by atoms with Crippen molar-refractivity contribution in [3.05, 3.63) is 17.5 Å². The molecule has 1 aromatic heterocycles. The molecule has 0 aliphatic carbocycles. The molecular formula is C19H30N4O3. The third-order valence-electron chi connectivity index (χ3n) is 4.77. The highest BCUT2D eigenvalue weighted by atomic mass is 16.5. The summed E-state index contributed by atoms with van der Waals surface area (Å²) in [4.78, 5) is 34.6. The fraction of sp³-hybridized carbons (Fsp3) is 0.684. The fourth-order valence-corrected chi connectivity index (χ4v) is 3.20. The Labute approximate surface area is 155 Å². The number of anilines is 1. The molecule has 0 bridgehead atoms. The van der Waals surface area contributed by atoms with E-state index >= 15 is 0 Å². The zero-order valence-electron chi connectivity index (χ0n) is 16.1. The van der Waals surface area contributed by atoms with Crippen LogP contribution in [0.3, 0.4) is 0 Å². The number of carbonyl (C=O) groups is 2. The first-order valence-electron chi connectivity index (χ1n) is 9.46. The highest BCUT2D eigenvalue weighted by molar-refractivity contribution is 5.81. The minimum Gasteiger partial charge on any atom is -0.469 e. The maximum Gasteiger partial charge on any atom is 0.306 e. The van der Waals surface area contributed by atoms with E-state index in [1.165, 1.54) is 39.2 Å². The van der Waals surface area contributed by atoms with Crippen LogP contribution in [0.2, 0.25) is 0 Å². The summed E-state index contributed by atoms with van der Waals surface area (Å²) in [7, 11) is 1.32. The van der Waals surface area contributed by atoms with Crippen LogP contribution in [-0.4, -0.2) is 42.0 Å². The first-order chi connectivity index (χ1) is 12.5. The van der Waals surface area contributed by atoms with Crippen LogP contribution >= 0.6 is 0 Å². The van der Waals surface area contributed by atoms with E-state index in [4.69, 9.17) is 0 Å². The summed E-state index contributed by atoms with van der Waals surface area (Å²) in [5.41, 5.74) is 1.77. The molecule has 1 aliphatic rings. The molecule has 0 radical (unpaired) electrons. The number of hydrogen-bond donors (Lipinski definition) is 1. The lowest BCUT2D eigenvalue weighted by Gasteiger charge is -2.25. The summed E-state index contributed by atoms with van der Waals surface area (Å²) in [6.07, 6.45) is 8.21. The Kier molecular flexibility index (Phi) is 7.81. The van der Waals surface area contributed by atoms with Crippen molar-refractivity contribution in [2.75, 3.05) is 25.1 Å². The van der Waals surface area contributed by atoms with Gasteiger partial charge in [-0.15, -0.1) is 0 Å². The number of methoxy groups -OCH3 is 1. The van der Waals surface area contributed by atoms with Crippen molar-refractivity contribution in [2.24, 2.45) is 0 Å². The van der Waals surface area contributed by atoms with Gasteiger partial charge in [0.2, 0.25) is 11.9 Å². The molecule has 26 heavy (non-hydrogen) atoms. The van der Waals surface area contributed by atoms with E-state index in [-0.39, 0.29) is 30.8 Å². The van der Waals surface area contributed by atoms with E-state index in [1.807, 2.05) is 20.0 Å². The summed E-state index contributed by atoms with van der Waals surface area (Å²) in [6.45, 7) is 5.84. The van der Waals surface area contributed by atoms with Crippen molar-refractivity contribution in [1.29, 1.82) is 0 Å². The normalized spacial score (nSPS) is 16.3. The lowest BCUT2D eigenvalue weighted by atomic mass is 10.1. The predicted molar refractivity (Wildman–Crippen MR) is 99.9 cm³/mol. The van der Waals surface area contributed by atoms with Crippen LogP contribution in [0.1, 0.15) is 69.2 Å². The SMILES string of the molecule is COC(=O)CCC(=O)N[C@H](C)c1cnc(N2CCCCCCC2)nc1C. The lowest BCUT2D eigenvalue weighted by Crippen LogP contribution is -2.30. The molecule has 2 heterocycles. The minimum atomic E-state index is -0.384. The van der Waals surface area contributed by atoms with Gasteiger partial charge in [0.15, 0.2) is 0 Å². The van der Waals surface area contributed by atoms with E-state index in [0.717, 1.165) is 30.3 Å². The fourth-order valence-electron chi connectivity index (χ4n) is 3.20. The summed E-state index contributed by atoms with van der Waals surface area (Å²) in [5, 5.41) is 2.89. The third-order valence-corrected chi connectivity index (χ3v) is 4.77. The van der Waals surface area contributed by atoms with Crippen molar-refractivity contribution in [1.82, 2.24) is 15.3 Å². The predicted octanol–water partition coefficient (Wildman–Crippen LogP) is 2.69. The van der Waals surface area contributed by atoms with Crippen LogP contribution in [-0.2, 0) is 14.3 Å². The van der Waals surface area contributed by atoms with Gasteiger partial charge in [-0.3, -0.25) is 9.59 Å². The van der Waals surface area contributed by atoms with Crippen molar-refractivity contribution in [3.63, 3.8) is 0 Å². The smallest absolute Gasteiger partial charge is 0.306 e. The molecule has 1 atom stereocenters. The number of carbonyl (C=O) groups excluding carboxylic acids is 2. The van der Waals surface area contributed by atoms with Gasteiger partial charge < -0.3 is 15.0 Å². The Balaban J connectivity index is 1.96. The largest absolute Gasteiger partial charge is 0.469 e. The number of aryl methyl sites for hydroxylation is 1. The number of aromatic nitrogens is 2. The van der Waals surface area contributed by atoms with Gasteiger partial charge in [0.1, 0.15) is 0 Å². The van der Waals surface area contributed by atoms with Crippen LogP contribution in [0.25, 0.3) is 0 Å². The summed E-state index contributed by atoms with van der Waals surface area (Å²) in [5.74, 6) is 0.206. The van der Waals surface area contributed by atoms with Gasteiger partial charge in [0.25, 0.3) is 0 Å². The van der Waals surface area contributed by atoms with E-state index in [9.17, 15) is 9.59 Å². The zero-order chi connectivity index (χ0) is 18.9. The van der Waals surface area contributed by atoms with Gasteiger partial charge in [0, 0.05) is 37.0 Å². The number of nitrogens with zero attached hydrogens (tertiary/aromatic N) is 3. The zero-order valence-corrected chi connectivity index (χ0v) is 16.1. The van der Waals surface area contributed by atoms with Gasteiger partial charge >= 0.3 is 5.97 Å². The monoisotopic (exact) mass is 362 g/mol. The summed E-state index contributed by atoms with van der Waals surface area (Å²) < 4.78 is 4.55.